The Hall–Kier alpha value is -0.460. The van der Waals surface area contributed by atoms with Crippen molar-refractivity contribution in [3.8, 4) is 0 Å². The van der Waals surface area contributed by atoms with E-state index in [1.807, 2.05) is 34.9 Å². The highest BCUT2D eigenvalue weighted by Gasteiger charge is 2.22. The Morgan fingerprint density at radius 1 is 1.29 bits per heavy atom. The van der Waals surface area contributed by atoms with Crippen LogP contribution in [0, 0.1) is 5.41 Å². The van der Waals surface area contributed by atoms with Crippen LogP contribution in [0.15, 0.2) is 0 Å². The van der Waals surface area contributed by atoms with E-state index in [9.17, 15) is 9.36 Å². The lowest BCUT2D eigenvalue weighted by atomic mass is 9.92. The topological polar surface area (TPSA) is 95.9 Å². The third kappa shape index (κ3) is 11.8. The highest BCUT2D eigenvalue weighted by Crippen LogP contribution is 2.40. The van der Waals surface area contributed by atoms with Crippen LogP contribution in [0.4, 0.5) is 0 Å². The number of nitrogens with zero attached hydrogens (tertiary/aromatic N) is 1. The molecule has 0 aliphatic rings. The van der Waals surface area contributed by atoms with Crippen molar-refractivity contribution in [2.45, 2.75) is 33.6 Å². The van der Waals surface area contributed by atoms with Gasteiger partial charge in [0.1, 0.15) is 0 Å². The van der Waals surface area contributed by atoms with Gasteiger partial charge in [-0.2, -0.15) is 4.67 Å². The van der Waals surface area contributed by atoms with Crippen LogP contribution >= 0.6 is 7.60 Å². The molecule has 8 heteroatoms. The standard InChI is InChI=1S/C13H29N2O5P/c1-13(2,3)11-12(16)14-7-9-15(4,5)8-6-10-21(18,19)20-17/h6-11H2,1-5H3,(H2-,14,16,17,18,19)/p+1. The van der Waals surface area contributed by atoms with Gasteiger partial charge in [-0.25, -0.2) is 5.26 Å². The Morgan fingerprint density at radius 2 is 1.86 bits per heavy atom. The first-order valence-corrected chi connectivity index (χ1v) is 8.87. The predicted octanol–water partition coefficient (Wildman–Crippen LogP) is 1.68. The number of hydrogen-bond acceptors (Lipinski definition) is 4. The lowest BCUT2D eigenvalue weighted by Crippen LogP contribution is -2.46. The zero-order valence-electron chi connectivity index (χ0n) is 13.8. The summed E-state index contributed by atoms with van der Waals surface area (Å²) < 4.78 is 15.3. The maximum atomic E-state index is 11.7. The molecule has 0 aliphatic heterocycles. The van der Waals surface area contributed by atoms with E-state index < -0.39 is 7.60 Å². The smallest absolute Gasteiger partial charge is 0.350 e. The SMILES string of the molecule is CC(C)(C)CC(=O)NCC[N+](C)(C)CCCP(=O)(O)OO. The van der Waals surface area contributed by atoms with Crippen molar-refractivity contribution in [3.05, 3.63) is 0 Å². The first-order chi connectivity index (χ1) is 9.37. The second-order valence-corrected chi connectivity index (χ2v) is 9.15. The molecule has 1 unspecified atom stereocenters. The largest absolute Gasteiger partial charge is 0.355 e. The molecule has 1 atom stereocenters. The Balaban J connectivity index is 3.98. The first kappa shape index (κ1) is 20.5. The lowest BCUT2D eigenvalue weighted by molar-refractivity contribution is -0.889. The van der Waals surface area contributed by atoms with Gasteiger partial charge in [-0.15, -0.1) is 0 Å². The van der Waals surface area contributed by atoms with Gasteiger partial charge in [0.2, 0.25) is 5.91 Å². The van der Waals surface area contributed by atoms with Gasteiger partial charge in [0.25, 0.3) is 0 Å². The van der Waals surface area contributed by atoms with Gasteiger partial charge >= 0.3 is 7.60 Å². The molecule has 0 saturated carbocycles. The van der Waals surface area contributed by atoms with Crippen LogP contribution in [0.1, 0.15) is 33.6 Å². The van der Waals surface area contributed by atoms with Gasteiger partial charge in [-0.05, 0) is 5.41 Å². The molecule has 0 spiro atoms. The Bertz CT molecular complexity index is 379. The molecule has 0 aromatic heterocycles. The van der Waals surface area contributed by atoms with Crippen molar-refractivity contribution in [1.29, 1.82) is 0 Å². The molecule has 0 bridgehead atoms. The summed E-state index contributed by atoms with van der Waals surface area (Å²) in [6.07, 6.45) is 0.862. The van der Waals surface area contributed by atoms with Gasteiger partial charge < -0.3 is 14.7 Å². The zero-order valence-corrected chi connectivity index (χ0v) is 14.7. The maximum Gasteiger partial charge on any atom is 0.355 e. The molecule has 21 heavy (non-hydrogen) atoms. The molecule has 0 rings (SSSR count). The molecule has 3 N–H and O–H groups in total. The normalized spacial score (nSPS) is 15.6. The van der Waals surface area contributed by atoms with Crippen molar-refractivity contribution >= 4 is 13.5 Å². The third-order valence-electron chi connectivity index (χ3n) is 3.06. The van der Waals surface area contributed by atoms with Gasteiger partial charge in [-0.3, -0.25) is 9.36 Å². The van der Waals surface area contributed by atoms with E-state index in [0.717, 1.165) is 6.54 Å². The molecule has 0 heterocycles. The Labute approximate surface area is 127 Å². The molecular formula is C13H30N2O5P+. The van der Waals surface area contributed by atoms with E-state index >= 15 is 0 Å². The molecule has 126 valence electrons. The molecule has 0 aromatic rings. The van der Waals surface area contributed by atoms with Gasteiger partial charge in [0.05, 0.1) is 39.9 Å². The molecule has 7 nitrogen and oxygen atoms in total. The van der Waals surface area contributed by atoms with Crippen LogP contribution in [0.2, 0.25) is 0 Å². The lowest BCUT2D eigenvalue weighted by Gasteiger charge is -2.30. The predicted molar refractivity (Wildman–Crippen MR) is 81.9 cm³/mol. The number of hydrogen-bond donors (Lipinski definition) is 3. The molecule has 0 aliphatic carbocycles. The summed E-state index contributed by atoms with van der Waals surface area (Å²) in [5, 5.41) is 11.1. The second kappa shape index (κ2) is 8.25. The minimum Gasteiger partial charge on any atom is -0.350 e. The van der Waals surface area contributed by atoms with E-state index in [2.05, 4.69) is 9.99 Å². The number of carbonyl (C=O) groups is 1. The highest BCUT2D eigenvalue weighted by molar-refractivity contribution is 7.52. The number of amides is 1. The average molecular weight is 325 g/mol. The van der Waals surface area contributed by atoms with Crippen molar-refractivity contribution in [2.24, 2.45) is 5.41 Å². The molecule has 0 radical (unpaired) electrons. The Kier molecular flexibility index (Phi) is 8.07. The molecule has 0 saturated heterocycles. The summed E-state index contributed by atoms with van der Waals surface area (Å²) >= 11 is 0. The number of nitrogens with one attached hydrogen (secondary N) is 1. The van der Waals surface area contributed by atoms with Gasteiger partial charge in [0, 0.05) is 12.8 Å². The number of quaternary nitrogens is 1. The summed E-state index contributed by atoms with van der Waals surface area (Å²) in [5.41, 5.74) is -0.0267. The van der Waals surface area contributed by atoms with Crippen LogP contribution in [0.5, 0.6) is 0 Å². The van der Waals surface area contributed by atoms with Crippen molar-refractivity contribution in [2.75, 3.05) is 39.9 Å². The highest BCUT2D eigenvalue weighted by atomic mass is 31.2. The summed E-state index contributed by atoms with van der Waals surface area (Å²) in [6.45, 7) is 8.00. The molecular weight excluding hydrogens is 295 g/mol. The maximum absolute atomic E-state index is 11.7. The summed E-state index contributed by atoms with van der Waals surface area (Å²) in [7, 11) is 0.120. The van der Waals surface area contributed by atoms with Crippen LogP contribution in [0.25, 0.3) is 0 Å². The fourth-order valence-electron chi connectivity index (χ4n) is 1.89. The molecule has 0 aromatic carbocycles. The van der Waals surface area contributed by atoms with Crippen LogP contribution < -0.4 is 5.32 Å². The summed E-state index contributed by atoms with van der Waals surface area (Å²) in [5.74, 6) is 0.0380. The summed E-state index contributed by atoms with van der Waals surface area (Å²) in [6, 6.07) is 0. The van der Waals surface area contributed by atoms with Gasteiger partial charge in [0.15, 0.2) is 0 Å². The van der Waals surface area contributed by atoms with E-state index in [-0.39, 0.29) is 17.5 Å². The second-order valence-electron chi connectivity index (χ2n) is 7.27. The average Bonchev–Trinajstić information content (AvgIpc) is 2.25. The van der Waals surface area contributed by atoms with E-state index in [1.165, 1.54) is 0 Å². The number of likely N-dealkylation sites (N-methyl/N-ethyl adjacent to an activating group) is 1. The molecule has 1 amide bonds. The van der Waals surface area contributed by atoms with E-state index in [0.29, 0.717) is 30.4 Å². The third-order valence-corrected chi connectivity index (χ3v) is 4.20. The summed E-state index contributed by atoms with van der Waals surface area (Å²) in [4.78, 5) is 20.8. The minimum atomic E-state index is -3.85. The van der Waals surface area contributed by atoms with Crippen LogP contribution in [0.3, 0.4) is 0 Å². The monoisotopic (exact) mass is 325 g/mol. The van der Waals surface area contributed by atoms with Crippen LogP contribution in [-0.4, -0.2) is 60.4 Å². The minimum absolute atomic E-state index is 0.0267. The van der Waals surface area contributed by atoms with Crippen molar-refractivity contribution in [1.82, 2.24) is 5.32 Å². The number of rotatable bonds is 9. The van der Waals surface area contributed by atoms with E-state index in [1.54, 1.807) is 0 Å². The fraction of sp³-hybridized carbons (Fsp3) is 0.923. The first-order valence-electron chi connectivity index (χ1n) is 7.11. The fourth-order valence-corrected chi connectivity index (χ4v) is 2.52. The van der Waals surface area contributed by atoms with Crippen LogP contribution in [-0.2, 0) is 14.0 Å². The number of carbonyl (C=O) groups excluding carboxylic acids is 1. The van der Waals surface area contributed by atoms with E-state index in [4.69, 9.17) is 10.2 Å². The molecule has 0 fully saturated rings. The Morgan fingerprint density at radius 3 is 2.33 bits per heavy atom. The van der Waals surface area contributed by atoms with Gasteiger partial charge in [-0.1, -0.05) is 20.8 Å². The quantitative estimate of drug-likeness (QED) is 0.259. The van der Waals surface area contributed by atoms with Crippen molar-refractivity contribution in [3.63, 3.8) is 0 Å². The zero-order chi connectivity index (χ0) is 16.7. The van der Waals surface area contributed by atoms with Crippen molar-refractivity contribution < 1.29 is 28.7 Å².